The van der Waals surface area contributed by atoms with Crippen LogP contribution in [0.5, 0.6) is 0 Å². The Bertz CT molecular complexity index is 596. The Balaban J connectivity index is 2.27. The predicted molar refractivity (Wildman–Crippen MR) is 81.2 cm³/mol. The van der Waals surface area contributed by atoms with Crippen LogP contribution < -0.4 is 11.1 Å². The fourth-order valence-electron chi connectivity index (χ4n) is 1.98. The van der Waals surface area contributed by atoms with Crippen LogP contribution in [-0.4, -0.2) is 15.0 Å². The van der Waals surface area contributed by atoms with Crippen molar-refractivity contribution in [3.63, 3.8) is 0 Å². The molecule has 0 saturated carbocycles. The lowest BCUT2D eigenvalue weighted by Crippen LogP contribution is -2.16. The number of nitrogens with one attached hydrogen (secondary N) is 1. The summed E-state index contributed by atoms with van der Waals surface area (Å²) in [5.41, 5.74) is 10.4. The Hall–Kier alpha value is -2.01. The second kappa shape index (κ2) is 5.75. The molecule has 2 aromatic rings. The smallest absolute Gasteiger partial charge is 0.107 e. The molecule has 19 heavy (non-hydrogen) atoms. The van der Waals surface area contributed by atoms with E-state index in [2.05, 4.69) is 15.3 Å². The number of rotatable bonds is 4. The van der Waals surface area contributed by atoms with Crippen LogP contribution in [0.3, 0.4) is 0 Å². The lowest BCUT2D eigenvalue weighted by Gasteiger charge is -2.14. The molecule has 0 unspecified atom stereocenters. The summed E-state index contributed by atoms with van der Waals surface area (Å²) in [6.45, 7) is 4.54. The highest BCUT2D eigenvalue weighted by Crippen LogP contribution is 2.20. The predicted octanol–water partition coefficient (Wildman–Crippen LogP) is 2.34. The van der Waals surface area contributed by atoms with Crippen molar-refractivity contribution < 1.29 is 0 Å². The summed E-state index contributed by atoms with van der Waals surface area (Å²) >= 11 is 5.10. The second-order valence-electron chi connectivity index (χ2n) is 4.35. The first kappa shape index (κ1) is 13.4. The van der Waals surface area contributed by atoms with E-state index in [-0.39, 0.29) is 0 Å². The van der Waals surface area contributed by atoms with Crippen LogP contribution >= 0.6 is 12.2 Å². The molecule has 2 rings (SSSR count). The third-order valence-corrected chi connectivity index (χ3v) is 2.98. The van der Waals surface area contributed by atoms with Crippen molar-refractivity contribution in [3.8, 4) is 0 Å². The van der Waals surface area contributed by atoms with E-state index in [9.17, 15) is 0 Å². The SMILES string of the molecule is Cc1cc(NCc2cccnc2)c(C(N)=S)c(C)n1. The van der Waals surface area contributed by atoms with Crippen LogP contribution in [0.15, 0.2) is 30.6 Å². The Labute approximate surface area is 118 Å². The molecule has 0 aliphatic heterocycles. The van der Waals surface area contributed by atoms with E-state index in [1.165, 1.54) is 0 Å². The van der Waals surface area contributed by atoms with Gasteiger partial charge in [-0.15, -0.1) is 0 Å². The molecule has 2 aromatic heterocycles. The molecule has 0 spiro atoms. The Morgan fingerprint density at radius 1 is 1.42 bits per heavy atom. The fraction of sp³-hybridized carbons (Fsp3) is 0.214. The largest absolute Gasteiger partial charge is 0.389 e. The van der Waals surface area contributed by atoms with Crippen LogP contribution in [0.2, 0.25) is 0 Å². The Morgan fingerprint density at radius 2 is 2.21 bits per heavy atom. The Kier molecular flexibility index (Phi) is 4.06. The molecule has 0 amide bonds. The number of aryl methyl sites for hydroxylation is 2. The average Bonchev–Trinajstić information content (AvgIpc) is 2.36. The van der Waals surface area contributed by atoms with Gasteiger partial charge in [-0.1, -0.05) is 18.3 Å². The number of nitrogens with two attached hydrogens (primary N) is 1. The zero-order chi connectivity index (χ0) is 13.8. The highest BCUT2D eigenvalue weighted by molar-refractivity contribution is 7.80. The summed E-state index contributed by atoms with van der Waals surface area (Å²) in [5.74, 6) is 0. The summed E-state index contributed by atoms with van der Waals surface area (Å²) in [5, 5.41) is 3.35. The minimum absolute atomic E-state index is 0.360. The van der Waals surface area contributed by atoms with Crippen LogP contribution in [-0.2, 0) is 6.54 Å². The molecule has 2 heterocycles. The monoisotopic (exact) mass is 272 g/mol. The quantitative estimate of drug-likeness (QED) is 0.836. The van der Waals surface area contributed by atoms with Crippen molar-refractivity contribution in [1.82, 2.24) is 9.97 Å². The van der Waals surface area contributed by atoms with Crippen molar-refractivity contribution in [2.45, 2.75) is 20.4 Å². The van der Waals surface area contributed by atoms with Crippen LogP contribution in [0.1, 0.15) is 22.5 Å². The van der Waals surface area contributed by atoms with Crippen LogP contribution in [0, 0.1) is 13.8 Å². The molecular weight excluding hydrogens is 256 g/mol. The van der Waals surface area contributed by atoms with E-state index >= 15 is 0 Å². The molecule has 0 aliphatic rings. The van der Waals surface area contributed by atoms with E-state index in [0.717, 1.165) is 28.2 Å². The zero-order valence-corrected chi connectivity index (χ0v) is 11.8. The molecule has 0 radical (unpaired) electrons. The summed E-state index contributed by atoms with van der Waals surface area (Å²) in [6.07, 6.45) is 3.58. The first-order chi connectivity index (χ1) is 9.08. The van der Waals surface area contributed by atoms with Gasteiger partial charge in [-0.25, -0.2) is 0 Å². The van der Waals surface area contributed by atoms with Crippen LogP contribution in [0.4, 0.5) is 5.69 Å². The maximum atomic E-state index is 5.77. The Morgan fingerprint density at radius 3 is 2.84 bits per heavy atom. The van der Waals surface area contributed by atoms with E-state index in [0.29, 0.717) is 11.5 Å². The number of pyridine rings is 2. The van der Waals surface area contributed by atoms with Crippen molar-refractivity contribution in [2.75, 3.05) is 5.32 Å². The zero-order valence-electron chi connectivity index (χ0n) is 11.0. The highest BCUT2D eigenvalue weighted by Gasteiger charge is 2.10. The maximum Gasteiger partial charge on any atom is 0.107 e. The lowest BCUT2D eigenvalue weighted by atomic mass is 10.1. The van der Waals surface area contributed by atoms with Crippen molar-refractivity contribution in [3.05, 3.63) is 53.1 Å². The molecule has 0 aromatic carbocycles. The maximum absolute atomic E-state index is 5.77. The molecule has 0 atom stereocenters. The van der Waals surface area contributed by atoms with Gasteiger partial charge in [0.25, 0.3) is 0 Å². The summed E-state index contributed by atoms with van der Waals surface area (Å²) in [4.78, 5) is 8.84. The van der Waals surface area contributed by atoms with Gasteiger partial charge in [0.05, 0.1) is 5.56 Å². The van der Waals surface area contributed by atoms with Gasteiger partial charge in [-0.05, 0) is 31.5 Å². The fourth-order valence-corrected chi connectivity index (χ4v) is 2.24. The van der Waals surface area contributed by atoms with Crippen molar-refractivity contribution in [1.29, 1.82) is 0 Å². The van der Waals surface area contributed by atoms with Gasteiger partial charge < -0.3 is 11.1 Å². The standard InChI is InChI=1S/C14H16N4S/c1-9-6-12(13(14(15)19)10(2)18-9)17-8-11-4-3-5-16-7-11/h3-7H,8H2,1-2H3,(H2,15,19)(H,17,18). The van der Waals surface area contributed by atoms with Gasteiger partial charge in [-0.3, -0.25) is 9.97 Å². The third kappa shape index (κ3) is 3.26. The normalized spacial score (nSPS) is 10.2. The molecule has 0 saturated heterocycles. The summed E-state index contributed by atoms with van der Waals surface area (Å²) in [7, 11) is 0. The lowest BCUT2D eigenvalue weighted by molar-refractivity contribution is 1.07. The number of hydrogen-bond acceptors (Lipinski definition) is 4. The average molecular weight is 272 g/mol. The third-order valence-electron chi connectivity index (χ3n) is 2.78. The summed E-state index contributed by atoms with van der Waals surface area (Å²) in [6, 6.07) is 5.88. The number of hydrogen-bond donors (Lipinski definition) is 2. The van der Waals surface area contributed by atoms with E-state index in [4.69, 9.17) is 18.0 Å². The minimum atomic E-state index is 0.360. The van der Waals surface area contributed by atoms with Gasteiger partial charge in [0.15, 0.2) is 0 Å². The first-order valence-electron chi connectivity index (χ1n) is 5.98. The molecule has 3 N–H and O–H groups in total. The number of thiocarbonyl (C=S) groups is 1. The van der Waals surface area contributed by atoms with Gasteiger partial charge in [-0.2, -0.15) is 0 Å². The molecule has 4 nitrogen and oxygen atoms in total. The van der Waals surface area contributed by atoms with Gasteiger partial charge in [0.1, 0.15) is 4.99 Å². The molecule has 5 heteroatoms. The molecule has 0 bridgehead atoms. The van der Waals surface area contributed by atoms with Gasteiger partial charge in [0, 0.05) is 36.0 Å². The second-order valence-corrected chi connectivity index (χ2v) is 4.79. The number of anilines is 1. The van der Waals surface area contributed by atoms with Crippen molar-refractivity contribution in [2.24, 2.45) is 5.73 Å². The summed E-state index contributed by atoms with van der Waals surface area (Å²) < 4.78 is 0. The molecule has 0 aliphatic carbocycles. The van der Waals surface area contributed by atoms with E-state index in [1.807, 2.05) is 38.2 Å². The topological polar surface area (TPSA) is 63.8 Å². The van der Waals surface area contributed by atoms with E-state index < -0.39 is 0 Å². The molecular formula is C14H16N4S. The van der Waals surface area contributed by atoms with Crippen LogP contribution in [0.25, 0.3) is 0 Å². The van der Waals surface area contributed by atoms with Crippen molar-refractivity contribution >= 4 is 22.9 Å². The number of aromatic nitrogens is 2. The first-order valence-corrected chi connectivity index (χ1v) is 6.39. The van der Waals surface area contributed by atoms with E-state index in [1.54, 1.807) is 6.20 Å². The molecule has 0 fully saturated rings. The van der Waals surface area contributed by atoms with Gasteiger partial charge in [0.2, 0.25) is 0 Å². The number of nitrogens with zero attached hydrogens (tertiary/aromatic N) is 2. The highest BCUT2D eigenvalue weighted by atomic mass is 32.1. The van der Waals surface area contributed by atoms with Gasteiger partial charge >= 0.3 is 0 Å². The minimum Gasteiger partial charge on any atom is -0.389 e. The molecule has 98 valence electrons.